The number of benzene rings is 1. The Morgan fingerprint density at radius 3 is 2.86 bits per heavy atom. The number of rotatable bonds is 3. The Kier molecular flexibility index (Phi) is 3.61. The van der Waals surface area contributed by atoms with Gasteiger partial charge in [-0.3, -0.25) is 10.1 Å². The molecule has 5 nitrogen and oxygen atoms in total. The van der Waals surface area contributed by atoms with E-state index in [9.17, 15) is 10.1 Å². The highest BCUT2D eigenvalue weighted by atomic mass is 16.6. The van der Waals surface area contributed by atoms with Crippen LogP contribution < -0.4 is 11.1 Å². The molecule has 3 rings (SSSR count). The van der Waals surface area contributed by atoms with Gasteiger partial charge >= 0.3 is 0 Å². The third kappa shape index (κ3) is 2.62. The van der Waals surface area contributed by atoms with Gasteiger partial charge in [0, 0.05) is 17.6 Å². The Labute approximate surface area is 125 Å². The van der Waals surface area contributed by atoms with Crippen molar-refractivity contribution < 1.29 is 4.92 Å². The first-order valence-electron chi connectivity index (χ1n) is 7.84. The van der Waals surface area contributed by atoms with Gasteiger partial charge in [0.15, 0.2) is 0 Å². The zero-order valence-electron chi connectivity index (χ0n) is 12.5. The molecule has 114 valence electrons. The molecule has 2 fully saturated rings. The molecule has 1 heterocycles. The van der Waals surface area contributed by atoms with Crippen molar-refractivity contribution in [3.63, 3.8) is 0 Å². The molecule has 0 aromatic heterocycles. The summed E-state index contributed by atoms with van der Waals surface area (Å²) in [6.07, 6.45) is 7.26. The quantitative estimate of drug-likeness (QED) is 0.506. The van der Waals surface area contributed by atoms with E-state index in [1.165, 1.54) is 32.1 Å². The predicted molar refractivity (Wildman–Crippen MR) is 83.0 cm³/mol. The molecule has 1 aliphatic carbocycles. The Morgan fingerprint density at radius 1 is 1.43 bits per heavy atom. The van der Waals surface area contributed by atoms with Gasteiger partial charge in [0.1, 0.15) is 5.69 Å². The van der Waals surface area contributed by atoms with Crippen molar-refractivity contribution in [3.05, 3.63) is 33.9 Å². The SMILES string of the molecule is CCC1CCC2(CCC(c3ccc(N)c([N+](=O)[O-])c3)N2)C1. The maximum atomic E-state index is 11.0. The van der Waals surface area contributed by atoms with Crippen molar-refractivity contribution in [2.75, 3.05) is 5.73 Å². The van der Waals surface area contributed by atoms with Crippen LogP contribution in [-0.4, -0.2) is 10.5 Å². The molecule has 0 radical (unpaired) electrons. The van der Waals surface area contributed by atoms with Crippen molar-refractivity contribution >= 4 is 11.4 Å². The van der Waals surface area contributed by atoms with Crippen LogP contribution in [0.25, 0.3) is 0 Å². The molecule has 21 heavy (non-hydrogen) atoms. The highest BCUT2D eigenvalue weighted by Crippen LogP contribution is 2.46. The Balaban J connectivity index is 1.78. The van der Waals surface area contributed by atoms with Gasteiger partial charge in [-0.2, -0.15) is 0 Å². The summed E-state index contributed by atoms with van der Waals surface area (Å²) in [5, 5.41) is 14.8. The van der Waals surface area contributed by atoms with Crippen LogP contribution in [0, 0.1) is 16.0 Å². The number of hydrogen-bond acceptors (Lipinski definition) is 4. The predicted octanol–water partition coefficient (Wildman–Crippen LogP) is 3.55. The fraction of sp³-hybridized carbons (Fsp3) is 0.625. The number of hydrogen-bond donors (Lipinski definition) is 2. The van der Waals surface area contributed by atoms with E-state index in [-0.39, 0.29) is 23.0 Å². The number of nitrogens with zero attached hydrogens (tertiary/aromatic N) is 1. The van der Waals surface area contributed by atoms with Crippen LogP contribution in [0.3, 0.4) is 0 Å². The topological polar surface area (TPSA) is 81.2 Å². The van der Waals surface area contributed by atoms with E-state index in [1.54, 1.807) is 12.1 Å². The Bertz CT molecular complexity index is 560. The maximum Gasteiger partial charge on any atom is 0.292 e. The summed E-state index contributed by atoms with van der Waals surface area (Å²) in [5.41, 5.74) is 7.20. The minimum Gasteiger partial charge on any atom is -0.393 e. The van der Waals surface area contributed by atoms with Crippen LogP contribution in [0.2, 0.25) is 0 Å². The largest absolute Gasteiger partial charge is 0.393 e. The second-order valence-electron chi connectivity index (χ2n) is 6.61. The number of nitrogen functional groups attached to an aromatic ring is 1. The van der Waals surface area contributed by atoms with Gasteiger partial charge in [0.25, 0.3) is 5.69 Å². The molecular weight excluding hydrogens is 266 g/mol. The first-order chi connectivity index (χ1) is 10.0. The van der Waals surface area contributed by atoms with Crippen molar-refractivity contribution in [1.29, 1.82) is 0 Å². The summed E-state index contributed by atoms with van der Waals surface area (Å²) >= 11 is 0. The van der Waals surface area contributed by atoms with Crippen molar-refractivity contribution in [2.24, 2.45) is 5.92 Å². The highest BCUT2D eigenvalue weighted by molar-refractivity contribution is 5.59. The van der Waals surface area contributed by atoms with Crippen LogP contribution in [0.5, 0.6) is 0 Å². The molecule has 3 unspecified atom stereocenters. The third-order valence-electron chi connectivity index (χ3n) is 5.33. The van der Waals surface area contributed by atoms with E-state index < -0.39 is 4.92 Å². The van der Waals surface area contributed by atoms with Gasteiger partial charge in [0.05, 0.1) is 4.92 Å². The number of nitrogens with two attached hydrogens (primary N) is 1. The summed E-state index contributed by atoms with van der Waals surface area (Å²) < 4.78 is 0. The van der Waals surface area contributed by atoms with Gasteiger partial charge in [-0.25, -0.2) is 0 Å². The van der Waals surface area contributed by atoms with Crippen LogP contribution in [-0.2, 0) is 0 Å². The molecule has 1 aromatic rings. The summed E-state index contributed by atoms with van der Waals surface area (Å²) in [4.78, 5) is 10.6. The lowest BCUT2D eigenvalue weighted by atomic mass is 9.93. The van der Waals surface area contributed by atoms with Crippen molar-refractivity contribution in [1.82, 2.24) is 5.32 Å². The minimum absolute atomic E-state index is 0.0214. The van der Waals surface area contributed by atoms with Crippen molar-refractivity contribution in [2.45, 2.75) is 57.0 Å². The summed E-state index contributed by atoms with van der Waals surface area (Å²) in [7, 11) is 0. The van der Waals surface area contributed by atoms with E-state index in [0.29, 0.717) is 0 Å². The fourth-order valence-electron chi connectivity index (χ4n) is 4.06. The molecular formula is C16H23N3O2. The fourth-order valence-corrected chi connectivity index (χ4v) is 4.06. The first-order valence-corrected chi connectivity index (χ1v) is 7.84. The number of nitro benzene ring substituents is 1. The maximum absolute atomic E-state index is 11.0. The van der Waals surface area contributed by atoms with Crippen LogP contribution >= 0.6 is 0 Å². The molecule has 1 aliphatic heterocycles. The standard InChI is InChI=1S/C16H23N3O2/c1-2-11-5-7-16(10-11)8-6-14(18-16)12-3-4-13(17)15(9-12)19(20)21/h3-4,9,11,14,18H,2,5-8,10,17H2,1H3. The normalized spacial score (nSPS) is 31.9. The summed E-state index contributed by atoms with van der Waals surface area (Å²) in [6, 6.07) is 5.44. The van der Waals surface area contributed by atoms with Crippen LogP contribution in [0.4, 0.5) is 11.4 Å². The van der Waals surface area contributed by atoms with Gasteiger partial charge in [0.2, 0.25) is 0 Å². The average molecular weight is 289 g/mol. The molecule has 1 aromatic carbocycles. The first kappa shape index (κ1) is 14.3. The molecule has 1 spiro atoms. The van der Waals surface area contributed by atoms with E-state index in [2.05, 4.69) is 12.2 Å². The smallest absolute Gasteiger partial charge is 0.292 e. The molecule has 3 atom stereocenters. The van der Waals surface area contributed by atoms with Gasteiger partial charge in [-0.05, 0) is 49.7 Å². The van der Waals surface area contributed by atoms with Crippen molar-refractivity contribution in [3.8, 4) is 0 Å². The second kappa shape index (κ2) is 5.30. The molecule has 1 saturated heterocycles. The van der Waals surface area contributed by atoms with E-state index in [4.69, 9.17) is 5.73 Å². The summed E-state index contributed by atoms with van der Waals surface area (Å²) in [6.45, 7) is 2.26. The molecule has 5 heteroatoms. The monoisotopic (exact) mass is 289 g/mol. The number of nitrogens with one attached hydrogen (secondary N) is 1. The number of nitro groups is 1. The molecule has 0 amide bonds. The molecule has 0 bridgehead atoms. The minimum atomic E-state index is -0.397. The van der Waals surface area contributed by atoms with E-state index >= 15 is 0 Å². The lowest BCUT2D eigenvalue weighted by Crippen LogP contribution is -2.38. The van der Waals surface area contributed by atoms with E-state index in [1.807, 2.05) is 6.07 Å². The Morgan fingerprint density at radius 2 is 2.19 bits per heavy atom. The van der Waals surface area contributed by atoms with Crippen LogP contribution in [0.1, 0.15) is 57.1 Å². The second-order valence-corrected chi connectivity index (χ2v) is 6.61. The van der Waals surface area contributed by atoms with Crippen LogP contribution in [0.15, 0.2) is 18.2 Å². The van der Waals surface area contributed by atoms with Gasteiger partial charge < -0.3 is 11.1 Å². The zero-order valence-corrected chi connectivity index (χ0v) is 12.5. The molecule has 1 saturated carbocycles. The van der Waals surface area contributed by atoms with Gasteiger partial charge in [-0.15, -0.1) is 0 Å². The Hall–Kier alpha value is -1.62. The average Bonchev–Trinajstić information content (AvgIpc) is 3.07. The molecule has 3 N–H and O–H groups in total. The lowest BCUT2D eigenvalue weighted by Gasteiger charge is -2.26. The van der Waals surface area contributed by atoms with Gasteiger partial charge in [-0.1, -0.05) is 19.4 Å². The molecule has 2 aliphatic rings. The lowest BCUT2D eigenvalue weighted by molar-refractivity contribution is -0.384. The van der Waals surface area contributed by atoms with E-state index in [0.717, 1.165) is 17.9 Å². The third-order valence-corrected chi connectivity index (χ3v) is 5.33. The zero-order chi connectivity index (χ0) is 15.0. The summed E-state index contributed by atoms with van der Waals surface area (Å²) in [5.74, 6) is 0.831. The highest BCUT2D eigenvalue weighted by Gasteiger charge is 2.44. The number of anilines is 1.